The first kappa shape index (κ1) is 14.5. The lowest BCUT2D eigenvalue weighted by atomic mass is 10.1. The van der Waals surface area contributed by atoms with E-state index in [0.29, 0.717) is 0 Å². The molecule has 0 radical (unpaired) electrons. The van der Waals surface area contributed by atoms with E-state index in [1.807, 2.05) is 0 Å². The van der Waals surface area contributed by atoms with Gasteiger partial charge in [-0.3, -0.25) is 0 Å². The third-order valence-electron chi connectivity index (χ3n) is 3.00. The van der Waals surface area contributed by atoms with Gasteiger partial charge in [0.05, 0.1) is 5.71 Å². The Balaban J connectivity index is 1.98. The number of rotatable bonds is 2. The maximum Gasteiger partial charge on any atom is 0.351 e. The molecule has 1 fully saturated rings. The SMILES string of the molecule is Clc1nc(Cl)nc(ON=C2CCCCCCCC2)n1. The van der Waals surface area contributed by atoms with Crippen LogP contribution in [0.1, 0.15) is 51.4 Å². The van der Waals surface area contributed by atoms with Crippen LogP contribution < -0.4 is 4.84 Å². The van der Waals surface area contributed by atoms with Crippen LogP contribution in [0.3, 0.4) is 0 Å². The third-order valence-corrected chi connectivity index (χ3v) is 3.34. The van der Waals surface area contributed by atoms with Crippen LogP contribution in [0.2, 0.25) is 10.6 Å². The molecule has 0 N–H and O–H groups in total. The van der Waals surface area contributed by atoms with Gasteiger partial charge in [-0.2, -0.15) is 15.0 Å². The van der Waals surface area contributed by atoms with E-state index in [1.165, 1.54) is 25.7 Å². The Kier molecular flexibility index (Phi) is 5.79. The Bertz CT molecular complexity index is 421. The van der Waals surface area contributed by atoms with Gasteiger partial charge >= 0.3 is 6.01 Å². The third kappa shape index (κ3) is 5.28. The summed E-state index contributed by atoms with van der Waals surface area (Å²) in [6.07, 6.45) is 9.37. The topological polar surface area (TPSA) is 60.3 Å². The monoisotopic (exact) mass is 302 g/mol. The first-order valence-corrected chi connectivity index (χ1v) is 7.29. The molecule has 0 aliphatic heterocycles. The molecular weight excluding hydrogens is 287 g/mol. The molecule has 0 atom stereocenters. The standard InChI is InChI=1S/C12H16Cl2N4O/c13-10-15-11(14)17-12(16-10)19-18-9-7-5-3-1-2-4-6-8-9/h1-8H2. The molecule has 0 unspecified atom stereocenters. The molecule has 104 valence electrons. The zero-order valence-corrected chi connectivity index (χ0v) is 12.1. The molecule has 1 aromatic heterocycles. The van der Waals surface area contributed by atoms with Crippen molar-refractivity contribution in [2.24, 2.45) is 5.16 Å². The summed E-state index contributed by atoms with van der Waals surface area (Å²) in [6, 6.07) is 0.0392. The first-order valence-electron chi connectivity index (χ1n) is 6.54. The fraction of sp³-hybridized carbons (Fsp3) is 0.667. The summed E-state index contributed by atoms with van der Waals surface area (Å²) in [5.41, 5.74) is 1.05. The van der Waals surface area contributed by atoms with E-state index in [0.717, 1.165) is 31.4 Å². The molecule has 0 bridgehead atoms. The molecular formula is C12H16Cl2N4O. The Morgan fingerprint density at radius 1 is 0.789 bits per heavy atom. The van der Waals surface area contributed by atoms with Crippen molar-refractivity contribution >= 4 is 28.9 Å². The summed E-state index contributed by atoms with van der Waals surface area (Å²) in [6.45, 7) is 0. The lowest BCUT2D eigenvalue weighted by molar-refractivity contribution is 0.308. The zero-order valence-electron chi connectivity index (χ0n) is 10.6. The van der Waals surface area contributed by atoms with Crippen LogP contribution in [-0.4, -0.2) is 20.7 Å². The van der Waals surface area contributed by atoms with Gasteiger partial charge in [0, 0.05) is 0 Å². The second kappa shape index (κ2) is 7.60. The van der Waals surface area contributed by atoms with Gasteiger partial charge in [0.15, 0.2) is 0 Å². The van der Waals surface area contributed by atoms with Crippen LogP contribution in [0.15, 0.2) is 5.16 Å². The van der Waals surface area contributed by atoms with Gasteiger partial charge in [-0.25, -0.2) is 0 Å². The summed E-state index contributed by atoms with van der Waals surface area (Å²) in [4.78, 5) is 16.5. The van der Waals surface area contributed by atoms with Crippen molar-refractivity contribution in [3.05, 3.63) is 10.6 Å². The van der Waals surface area contributed by atoms with Gasteiger partial charge in [0.2, 0.25) is 10.6 Å². The number of hydrogen-bond acceptors (Lipinski definition) is 5. The average Bonchev–Trinajstić information content (AvgIpc) is 2.49. The van der Waals surface area contributed by atoms with Crippen molar-refractivity contribution < 1.29 is 4.84 Å². The Labute approximate surface area is 122 Å². The van der Waals surface area contributed by atoms with Crippen molar-refractivity contribution in [2.75, 3.05) is 0 Å². The molecule has 1 aromatic rings. The molecule has 2 rings (SSSR count). The highest BCUT2D eigenvalue weighted by atomic mass is 35.5. The van der Waals surface area contributed by atoms with Crippen LogP contribution in [0.25, 0.3) is 0 Å². The van der Waals surface area contributed by atoms with Gasteiger partial charge < -0.3 is 4.84 Å². The van der Waals surface area contributed by atoms with Crippen LogP contribution >= 0.6 is 23.2 Å². The predicted octanol–water partition coefficient (Wildman–Crippen LogP) is 4.05. The highest BCUT2D eigenvalue weighted by Crippen LogP contribution is 2.16. The van der Waals surface area contributed by atoms with Crippen molar-refractivity contribution in [3.63, 3.8) is 0 Å². The second-order valence-electron chi connectivity index (χ2n) is 4.53. The second-order valence-corrected chi connectivity index (χ2v) is 5.20. The van der Waals surface area contributed by atoms with E-state index < -0.39 is 0 Å². The number of oxime groups is 1. The largest absolute Gasteiger partial charge is 0.351 e. The van der Waals surface area contributed by atoms with Crippen LogP contribution in [0.5, 0.6) is 6.01 Å². The van der Waals surface area contributed by atoms with Gasteiger partial charge in [-0.1, -0.05) is 30.8 Å². The molecule has 19 heavy (non-hydrogen) atoms. The maximum atomic E-state index is 5.67. The molecule has 0 aromatic carbocycles. The molecule has 1 saturated carbocycles. The summed E-state index contributed by atoms with van der Waals surface area (Å²) in [5.74, 6) is 0. The minimum Gasteiger partial charge on any atom is -0.315 e. The molecule has 0 saturated heterocycles. The maximum absolute atomic E-state index is 5.67. The number of nitrogens with zero attached hydrogens (tertiary/aromatic N) is 4. The smallest absolute Gasteiger partial charge is 0.315 e. The normalized spacial score (nSPS) is 17.3. The summed E-state index contributed by atoms with van der Waals surface area (Å²) < 4.78 is 0. The Morgan fingerprint density at radius 2 is 1.32 bits per heavy atom. The molecule has 1 aliphatic carbocycles. The van der Waals surface area contributed by atoms with Crippen LogP contribution in [0.4, 0.5) is 0 Å². The first-order chi connectivity index (χ1) is 9.24. The minimum atomic E-state index is 0.00432. The van der Waals surface area contributed by atoms with Crippen molar-refractivity contribution in [3.8, 4) is 6.01 Å². The van der Waals surface area contributed by atoms with Gasteiger partial charge in [0.25, 0.3) is 0 Å². The van der Waals surface area contributed by atoms with Crippen LogP contribution in [-0.2, 0) is 0 Å². The quantitative estimate of drug-likeness (QED) is 0.773. The van der Waals surface area contributed by atoms with E-state index in [1.54, 1.807) is 0 Å². The van der Waals surface area contributed by atoms with Crippen LogP contribution in [0, 0.1) is 0 Å². The Morgan fingerprint density at radius 3 is 1.89 bits per heavy atom. The predicted molar refractivity (Wildman–Crippen MR) is 74.8 cm³/mol. The van der Waals surface area contributed by atoms with E-state index >= 15 is 0 Å². The molecule has 1 heterocycles. The van der Waals surface area contributed by atoms with E-state index in [4.69, 9.17) is 28.0 Å². The van der Waals surface area contributed by atoms with Crippen molar-refractivity contribution in [1.29, 1.82) is 0 Å². The van der Waals surface area contributed by atoms with Crippen molar-refractivity contribution in [2.45, 2.75) is 51.4 Å². The molecule has 5 nitrogen and oxygen atoms in total. The summed E-state index contributed by atoms with van der Waals surface area (Å²) in [7, 11) is 0. The molecule has 1 aliphatic rings. The number of halogens is 2. The van der Waals surface area contributed by atoms with Gasteiger partial charge in [0.1, 0.15) is 0 Å². The summed E-state index contributed by atoms with van der Waals surface area (Å²) >= 11 is 11.3. The minimum absolute atomic E-state index is 0.00432. The lowest BCUT2D eigenvalue weighted by Gasteiger charge is -2.03. The lowest BCUT2D eigenvalue weighted by Crippen LogP contribution is -2.03. The molecule has 7 heteroatoms. The van der Waals surface area contributed by atoms with E-state index in [9.17, 15) is 0 Å². The zero-order chi connectivity index (χ0) is 13.5. The summed E-state index contributed by atoms with van der Waals surface area (Å²) in [5, 5.41) is 4.13. The highest BCUT2D eigenvalue weighted by molar-refractivity contribution is 6.31. The van der Waals surface area contributed by atoms with Gasteiger partial charge in [-0.05, 0) is 48.9 Å². The fourth-order valence-electron chi connectivity index (χ4n) is 2.04. The number of aromatic nitrogens is 3. The van der Waals surface area contributed by atoms with Gasteiger partial charge in [-0.15, -0.1) is 0 Å². The number of hydrogen-bond donors (Lipinski definition) is 0. The Hall–Kier alpha value is -0.940. The average molecular weight is 303 g/mol. The van der Waals surface area contributed by atoms with E-state index in [2.05, 4.69) is 20.1 Å². The molecule has 0 spiro atoms. The fourth-order valence-corrected chi connectivity index (χ4v) is 2.38. The van der Waals surface area contributed by atoms with Crippen molar-refractivity contribution in [1.82, 2.24) is 15.0 Å². The highest BCUT2D eigenvalue weighted by Gasteiger charge is 2.07. The molecule has 0 amide bonds. The van der Waals surface area contributed by atoms with E-state index in [-0.39, 0.29) is 16.6 Å².